The van der Waals surface area contributed by atoms with Gasteiger partial charge >= 0.3 is 0 Å². The largest absolute Gasteiger partial charge is 0.320 e. The summed E-state index contributed by atoms with van der Waals surface area (Å²) in [6.45, 7) is 6.19. The van der Waals surface area contributed by atoms with Gasteiger partial charge in [-0.05, 0) is 31.4 Å². The van der Waals surface area contributed by atoms with Crippen molar-refractivity contribution in [3.05, 3.63) is 29.8 Å². The summed E-state index contributed by atoms with van der Waals surface area (Å²) in [5.41, 5.74) is 5.81. The van der Waals surface area contributed by atoms with Crippen LogP contribution in [0.1, 0.15) is 32.8 Å². The molecular formula is C15H22N2O2S. The van der Waals surface area contributed by atoms with Crippen molar-refractivity contribution in [1.82, 2.24) is 4.72 Å². The first kappa shape index (κ1) is 16.7. The summed E-state index contributed by atoms with van der Waals surface area (Å²) in [5.74, 6) is 5.92. The molecule has 3 N–H and O–H groups in total. The molecule has 1 rings (SSSR count). The van der Waals surface area contributed by atoms with Crippen LogP contribution in [-0.2, 0) is 10.0 Å². The fourth-order valence-corrected chi connectivity index (χ4v) is 3.45. The van der Waals surface area contributed by atoms with Crippen LogP contribution in [0.4, 0.5) is 0 Å². The first-order valence-electron chi connectivity index (χ1n) is 6.67. The quantitative estimate of drug-likeness (QED) is 0.812. The Balaban J connectivity index is 3.04. The molecule has 1 aromatic rings. The Morgan fingerprint density at radius 3 is 2.50 bits per heavy atom. The first-order chi connectivity index (χ1) is 9.36. The molecule has 0 amide bonds. The van der Waals surface area contributed by atoms with E-state index in [9.17, 15) is 8.42 Å². The molecule has 0 saturated heterocycles. The Bertz CT molecular complexity index is 598. The number of benzene rings is 1. The van der Waals surface area contributed by atoms with Gasteiger partial charge in [-0.3, -0.25) is 0 Å². The second-order valence-electron chi connectivity index (χ2n) is 5.15. The Hall–Kier alpha value is -1.35. The molecule has 0 aromatic heterocycles. The zero-order valence-electron chi connectivity index (χ0n) is 12.2. The topological polar surface area (TPSA) is 72.2 Å². The molecule has 4 nitrogen and oxygen atoms in total. The van der Waals surface area contributed by atoms with Gasteiger partial charge in [0.15, 0.2) is 0 Å². The minimum absolute atomic E-state index is 0.115. The Morgan fingerprint density at radius 2 is 1.90 bits per heavy atom. The predicted octanol–water partition coefficient (Wildman–Crippen LogP) is 1.71. The van der Waals surface area contributed by atoms with Crippen LogP contribution in [0.15, 0.2) is 29.2 Å². The van der Waals surface area contributed by atoms with E-state index in [0.717, 1.165) is 6.42 Å². The molecule has 0 bridgehead atoms. The van der Waals surface area contributed by atoms with Crippen LogP contribution in [-0.4, -0.2) is 21.0 Å². The molecule has 110 valence electrons. The minimum Gasteiger partial charge on any atom is -0.320 e. The summed E-state index contributed by atoms with van der Waals surface area (Å²) in [5, 5.41) is 0. The first-order valence-corrected chi connectivity index (χ1v) is 8.15. The molecule has 20 heavy (non-hydrogen) atoms. The van der Waals surface area contributed by atoms with Gasteiger partial charge in [0.1, 0.15) is 0 Å². The van der Waals surface area contributed by atoms with Crippen LogP contribution in [0.2, 0.25) is 0 Å². The van der Waals surface area contributed by atoms with Crippen molar-refractivity contribution in [3.63, 3.8) is 0 Å². The third-order valence-corrected chi connectivity index (χ3v) is 4.33. The van der Waals surface area contributed by atoms with Gasteiger partial charge in [-0.1, -0.05) is 37.8 Å². The normalized spacial score (nSPS) is 12.8. The molecular weight excluding hydrogens is 272 g/mol. The minimum atomic E-state index is -3.56. The van der Waals surface area contributed by atoms with Gasteiger partial charge in [0, 0.05) is 11.6 Å². The summed E-state index contributed by atoms with van der Waals surface area (Å²) < 4.78 is 27.5. The van der Waals surface area contributed by atoms with Crippen molar-refractivity contribution in [2.75, 3.05) is 6.54 Å². The highest BCUT2D eigenvalue weighted by Crippen LogP contribution is 2.16. The van der Waals surface area contributed by atoms with Crippen molar-refractivity contribution in [2.45, 2.75) is 38.1 Å². The summed E-state index contributed by atoms with van der Waals surface area (Å²) in [4.78, 5) is 0.205. The van der Waals surface area contributed by atoms with Gasteiger partial charge in [0.25, 0.3) is 0 Å². The number of rotatable bonds is 5. The predicted molar refractivity (Wildman–Crippen MR) is 81.6 cm³/mol. The highest BCUT2D eigenvalue weighted by Gasteiger charge is 2.20. The van der Waals surface area contributed by atoms with Crippen LogP contribution in [0.25, 0.3) is 0 Å². The molecule has 0 spiro atoms. The van der Waals surface area contributed by atoms with Gasteiger partial charge in [0.05, 0.1) is 11.4 Å². The molecule has 0 fully saturated rings. The molecule has 0 aliphatic carbocycles. The molecule has 0 heterocycles. The zero-order chi connectivity index (χ0) is 15.2. The number of sulfonamides is 1. The maximum absolute atomic E-state index is 12.4. The van der Waals surface area contributed by atoms with E-state index >= 15 is 0 Å². The molecule has 5 heteroatoms. The van der Waals surface area contributed by atoms with E-state index < -0.39 is 10.0 Å². The number of nitrogens with one attached hydrogen (secondary N) is 1. The second-order valence-corrected chi connectivity index (χ2v) is 6.84. The molecule has 0 aliphatic heterocycles. The fraction of sp³-hybridized carbons (Fsp3) is 0.467. The fourth-order valence-electron chi connectivity index (χ4n) is 2.03. The second kappa shape index (κ2) is 7.44. The number of nitrogens with two attached hydrogens (primary N) is 1. The van der Waals surface area contributed by atoms with Crippen LogP contribution in [0.3, 0.4) is 0 Å². The lowest BCUT2D eigenvalue weighted by atomic mass is 10.1. The van der Waals surface area contributed by atoms with E-state index in [4.69, 9.17) is 5.73 Å². The monoisotopic (exact) mass is 294 g/mol. The molecule has 1 unspecified atom stereocenters. The van der Waals surface area contributed by atoms with Crippen LogP contribution < -0.4 is 10.5 Å². The van der Waals surface area contributed by atoms with E-state index in [-0.39, 0.29) is 17.5 Å². The van der Waals surface area contributed by atoms with Gasteiger partial charge in [0.2, 0.25) is 10.0 Å². The highest BCUT2D eigenvalue weighted by atomic mass is 32.2. The molecule has 1 aromatic carbocycles. The van der Waals surface area contributed by atoms with Crippen LogP contribution in [0, 0.1) is 17.8 Å². The number of hydrogen-bond donors (Lipinski definition) is 2. The summed E-state index contributed by atoms with van der Waals surface area (Å²) in [6, 6.07) is 6.58. The average molecular weight is 294 g/mol. The standard InChI is InChI=1S/C15H22N2O2S/c1-12(2)11-13(3)17-20(18,19)15-9-5-4-7-14(15)8-6-10-16/h4-5,7,9,12-13,17H,10-11,16H2,1-3H3. The molecule has 0 radical (unpaired) electrons. The highest BCUT2D eigenvalue weighted by molar-refractivity contribution is 7.89. The zero-order valence-corrected chi connectivity index (χ0v) is 13.0. The average Bonchev–Trinajstić information content (AvgIpc) is 2.34. The van der Waals surface area contributed by atoms with Crippen molar-refractivity contribution in [3.8, 4) is 11.8 Å². The SMILES string of the molecule is CC(C)CC(C)NS(=O)(=O)c1ccccc1C#CCN. The maximum Gasteiger partial charge on any atom is 0.242 e. The van der Waals surface area contributed by atoms with Crippen molar-refractivity contribution >= 4 is 10.0 Å². The van der Waals surface area contributed by atoms with Crippen molar-refractivity contribution in [2.24, 2.45) is 11.7 Å². The van der Waals surface area contributed by atoms with E-state index in [2.05, 4.69) is 30.4 Å². The Labute approximate surface area is 121 Å². The van der Waals surface area contributed by atoms with E-state index in [1.807, 2.05) is 6.92 Å². The van der Waals surface area contributed by atoms with Gasteiger partial charge in [-0.2, -0.15) is 0 Å². The van der Waals surface area contributed by atoms with Crippen LogP contribution in [0.5, 0.6) is 0 Å². The lowest BCUT2D eigenvalue weighted by Gasteiger charge is -2.16. The Kier molecular flexibility index (Phi) is 6.21. The third-order valence-electron chi connectivity index (χ3n) is 2.68. The van der Waals surface area contributed by atoms with Gasteiger partial charge in [-0.25, -0.2) is 13.1 Å². The van der Waals surface area contributed by atoms with Crippen molar-refractivity contribution in [1.29, 1.82) is 0 Å². The van der Waals surface area contributed by atoms with Crippen LogP contribution >= 0.6 is 0 Å². The summed E-state index contributed by atoms with van der Waals surface area (Å²) >= 11 is 0. The Morgan fingerprint density at radius 1 is 1.25 bits per heavy atom. The van der Waals surface area contributed by atoms with Gasteiger partial charge in [-0.15, -0.1) is 0 Å². The summed E-state index contributed by atoms with van der Waals surface area (Å²) in [6.07, 6.45) is 0.788. The summed E-state index contributed by atoms with van der Waals surface area (Å²) in [7, 11) is -3.56. The molecule has 0 saturated carbocycles. The molecule has 1 atom stereocenters. The lowest BCUT2D eigenvalue weighted by molar-refractivity contribution is 0.482. The van der Waals surface area contributed by atoms with Crippen molar-refractivity contribution < 1.29 is 8.42 Å². The molecule has 0 aliphatic rings. The van der Waals surface area contributed by atoms with Gasteiger partial charge < -0.3 is 5.73 Å². The van der Waals surface area contributed by atoms with E-state index in [1.54, 1.807) is 24.3 Å². The van der Waals surface area contributed by atoms with E-state index in [0.29, 0.717) is 11.5 Å². The van der Waals surface area contributed by atoms with E-state index in [1.165, 1.54) is 0 Å². The number of hydrogen-bond acceptors (Lipinski definition) is 3. The maximum atomic E-state index is 12.4. The lowest BCUT2D eigenvalue weighted by Crippen LogP contribution is -2.33. The third kappa shape index (κ3) is 4.97. The smallest absolute Gasteiger partial charge is 0.242 e.